The number of carbonyl (C=O) groups is 1. The van der Waals surface area contributed by atoms with Gasteiger partial charge in [0.1, 0.15) is 4.88 Å². The van der Waals surface area contributed by atoms with Crippen LogP contribution in [0.5, 0.6) is 0 Å². The molecule has 0 bridgehead atoms. The van der Waals surface area contributed by atoms with E-state index >= 15 is 0 Å². The highest BCUT2D eigenvalue weighted by Crippen LogP contribution is 2.45. The second-order valence-electron chi connectivity index (χ2n) is 8.16. The molecule has 190 valence electrons. The van der Waals surface area contributed by atoms with Crippen molar-refractivity contribution in [2.75, 3.05) is 6.61 Å². The summed E-state index contributed by atoms with van der Waals surface area (Å²) in [6, 6.07) is 15.3. The van der Waals surface area contributed by atoms with Gasteiger partial charge in [-0.15, -0.1) is 11.3 Å². The van der Waals surface area contributed by atoms with Crippen molar-refractivity contribution < 1.29 is 27.2 Å². The van der Waals surface area contributed by atoms with Crippen LogP contribution in [0.3, 0.4) is 0 Å². The molecule has 0 aliphatic heterocycles. The van der Waals surface area contributed by atoms with E-state index in [9.17, 15) is 18.0 Å². The van der Waals surface area contributed by atoms with Crippen LogP contribution in [-0.2, 0) is 22.3 Å². The summed E-state index contributed by atoms with van der Waals surface area (Å²) in [6.45, 7) is 2.62. The van der Waals surface area contributed by atoms with Crippen LogP contribution < -0.4 is 0 Å². The summed E-state index contributed by atoms with van der Waals surface area (Å²) < 4.78 is 53.5. The molecule has 0 aliphatic rings. The first-order valence-electron chi connectivity index (χ1n) is 11.6. The van der Waals surface area contributed by atoms with Gasteiger partial charge in [0.2, 0.25) is 5.82 Å². The number of rotatable bonds is 8. The third kappa shape index (κ3) is 5.12. The summed E-state index contributed by atoms with van der Waals surface area (Å²) in [4.78, 5) is 15.5. The molecular weight excluding hydrogens is 505 g/mol. The number of nitrogens with zero attached hydrogens (tertiary/aromatic N) is 4. The third-order valence-electron chi connectivity index (χ3n) is 5.70. The fraction of sp³-hybridized carbons (Fsp3) is 0.231. The van der Waals surface area contributed by atoms with Crippen molar-refractivity contribution in [3.05, 3.63) is 65.7 Å². The van der Waals surface area contributed by atoms with Gasteiger partial charge in [-0.2, -0.15) is 23.3 Å². The van der Waals surface area contributed by atoms with Crippen molar-refractivity contribution in [3.63, 3.8) is 0 Å². The molecule has 0 spiro atoms. The molecule has 3 aromatic heterocycles. The van der Waals surface area contributed by atoms with E-state index in [-0.39, 0.29) is 34.5 Å². The van der Waals surface area contributed by atoms with E-state index < -0.39 is 11.1 Å². The Bertz CT molecular complexity index is 1540. The lowest BCUT2D eigenvalue weighted by atomic mass is 10.1. The molecule has 0 amide bonds. The summed E-state index contributed by atoms with van der Waals surface area (Å²) in [5.41, 5.74) is 1.98. The molecular formula is C26H21F3N4O3S. The van der Waals surface area contributed by atoms with Crippen LogP contribution in [0.15, 0.2) is 65.3 Å². The summed E-state index contributed by atoms with van der Waals surface area (Å²) in [7, 11) is 0. The number of esters is 1. The fourth-order valence-electron chi connectivity index (χ4n) is 4.05. The minimum Gasteiger partial charge on any atom is -0.466 e. The quantitative estimate of drug-likeness (QED) is 0.206. The highest BCUT2D eigenvalue weighted by molar-refractivity contribution is 7.16. The number of benzene rings is 2. The van der Waals surface area contributed by atoms with E-state index in [0.29, 0.717) is 42.0 Å². The molecule has 5 aromatic rings. The van der Waals surface area contributed by atoms with Gasteiger partial charge >= 0.3 is 12.1 Å². The molecule has 0 aliphatic carbocycles. The van der Waals surface area contributed by atoms with Crippen molar-refractivity contribution in [3.8, 4) is 33.3 Å². The van der Waals surface area contributed by atoms with E-state index in [1.807, 2.05) is 12.1 Å². The first-order valence-corrected chi connectivity index (χ1v) is 12.4. The Morgan fingerprint density at radius 1 is 1.11 bits per heavy atom. The molecule has 3 heterocycles. The van der Waals surface area contributed by atoms with Crippen molar-refractivity contribution in [2.24, 2.45) is 0 Å². The fourth-order valence-corrected chi connectivity index (χ4v) is 5.02. The average molecular weight is 527 g/mol. The maximum atomic E-state index is 13.8. The SMILES string of the molecule is CCOC(=O)CCCn1ncc2c(-c3noc(-c4cc(-c5ccccc5)c(C(F)(F)F)s4)n3)cccc21. The van der Waals surface area contributed by atoms with Crippen molar-refractivity contribution in [1.29, 1.82) is 0 Å². The molecule has 7 nitrogen and oxygen atoms in total. The van der Waals surface area contributed by atoms with Crippen LogP contribution in [0, 0.1) is 0 Å². The number of alkyl halides is 3. The first-order chi connectivity index (χ1) is 17.8. The predicted molar refractivity (Wildman–Crippen MR) is 133 cm³/mol. The lowest BCUT2D eigenvalue weighted by Crippen LogP contribution is -2.07. The van der Waals surface area contributed by atoms with Gasteiger partial charge in [0.25, 0.3) is 5.89 Å². The van der Waals surface area contributed by atoms with Gasteiger partial charge in [-0.3, -0.25) is 9.48 Å². The molecule has 5 rings (SSSR count). The summed E-state index contributed by atoms with van der Waals surface area (Å²) in [5, 5.41) is 9.23. The molecule has 0 unspecified atom stereocenters. The lowest BCUT2D eigenvalue weighted by molar-refractivity contribution is -0.143. The minimum absolute atomic E-state index is 0.00603. The maximum absolute atomic E-state index is 13.8. The third-order valence-corrected chi connectivity index (χ3v) is 6.86. The van der Waals surface area contributed by atoms with Crippen molar-refractivity contribution >= 4 is 28.2 Å². The largest absolute Gasteiger partial charge is 0.466 e. The van der Waals surface area contributed by atoms with Crippen molar-refractivity contribution in [1.82, 2.24) is 19.9 Å². The Hall–Kier alpha value is -3.99. The van der Waals surface area contributed by atoms with E-state index in [2.05, 4.69) is 15.2 Å². The Morgan fingerprint density at radius 3 is 2.68 bits per heavy atom. The van der Waals surface area contributed by atoms with Gasteiger partial charge in [-0.25, -0.2) is 0 Å². The van der Waals surface area contributed by atoms with Gasteiger partial charge in [0.05, 0.1) is 23.2 Å². The Kier molecular flexibility index (Phi) is 6.79. The Labute approximate surface area is 213 Å². The highest BCUT2D eigenvalue weighted by atomic mass is 32.1. The molecule has 0 N–H and O–H groups in total. The second-order valence-corrected chi connectivity index (χ2v) is 9.21. The number of hydrogen-bond donors (Lipinski definition) is 0. The standard InChI is InChI=1S/C26H21F3N4O3S/c1-2-35-22(34)12-7-13-33-20-11-6-10-17(19(20)15-30-33)24-31-25(36-32-24)21-14-18(16-8-4-3-5-9-16)23(37-21)26(27,28)29/h3-6,8-11,14-15H,2,7,12-13H2,1H3. The predicted octanol–water partition coefficient (Wildman–Crippen LogP) is 6.84. The summed E-state index contributed by atoms with van der Waals surface area (Å²) in [5.74, 6) is -0.00179. The summed E-state index contributed by atoms with van der Waals surface area (Å²) in [6.07, 6.45) is -2.00. The zero-order chi connectivity index (χ0) is 26.0. The topological polar surface area (TPSA) is 83.0 Å². The molecule has 11 heteroatoms. The van der Waals surface area contributed by atoms with Crippen LogP contribution in [0.4, 0.5) is 13.2 Å². The zero-order valence-corrected chi connectivity index (χ0v) is 20.5. The number of halogens is 3. The van der Waals surface area contributed by atoms with Crippen molar-refractivity contribution in [2.45, 2.75) is 32.5 Å². The van der Waals surface area contributed by atoms with Crippen LogP contribution in [0.25, 0.3) is 44.2 Å². The number of carbonyl (C=O) groups excluding carboxylic acids is 1. The highest BCUT2D eigenvalue weighted by Gasteiger charge is 2.37. The Balaban J connectivity index is 1.44. The van der Waals surface area contributed by atoms with Gasteiger partial charge in [0, 0.05) is 29.5 Å². The number of hydrogen-bond acceptors (Lipinski definition) is 7. The molecule has 0 atom stereocenters. The smallest absolute Gasteiger partial charge is 0.426 e. The first kappa shape index (κ1) is 24.7. The lowest BCUT2D eigenvalue weighted by Gasteiger charge is -2.07. The van der Waals surface area contributed by atoms with Gasteiger partial charge in [-0.05, 0) is 31.0 Å². The molecule has 0 radical (unpaired) electrons. The number of aryl methyl sites for hydroxylation is 1. The Morgan fingerprint density at radius 2 is 1.92 bits per heavy atom. The summed E-state index contributed by atoms with van der Waals surface area (Å²) >= 11 is 0.570. The normalized spacial score (nSPS) is 11.8. The molecule has 0 saturated carbocycles. The van der Waals surface area contributed by atoms with Gasteiger partial charge in [0.15, 0.2) is 0 Å². The van der Waals surface area contributed by atoms with Crippen LogP contribution in [-0.4, -0.2) is 32.5 Å². The number of thiophene rings is 1. The van der Waals surface area contributed by atoms with E-state index in [1.54, 1.807) is 54.2 Å². The van der Waals surface area contributed by atoms with Gasteiger partial charge < -0.3 is 9.26 Å². The van der Waals surface area contributed by atoms with Crippen LogP contribution in [0.1, 0.15) is 24.6 Å². The zero-order valence-electron chi connectivity index (χ0n) is 19.7. The molecule has 2 aromatic carbocycles. The second kappa shape index (κ2) is 10.2. The van der Waals surface area contributed by atoms with Crippen LogP contribution in [0.2, 0.25) is 0 Å². The minimum atomic E-state index is -4.52. The molecule has 0 saturated heterocycles. The molecule has 37 heavy (non-hydrogen) atoms. The van der Waals surface area contributed by atoms with Gasteiger partial charge in [-0.1, -0.05) is 47.6 Å². The van der Waals surface area contributed by atoms with E-state index in [4.69, 9.17) is 9.26 Å². The number of aromatic nitrogens is 4. The van der Waals surface area contributed by atoms with Crippen LogP contribution >= 0.6 is 11.3 Å². The monoisotopic (exact) mass is 526 g/mol. The number of fused-ring (bicyclic) bond motifs is 1. The average Bonchev–Trinajstić information content (AvgIpc) is 3.63. The maximum Gasteiger partial charge on any atom is 0.426 e. The number of ether oxygens (including phenoxy) is 1. The van der Waals surface area contributed by atoms with E-state index in [0.717, 1.165) is 10.9 Å². The van der Waals surface area contributed by atoms with E-state index in [1.165, 1.54) is 6.07 Å². The molecule has 0 fully saturated rings.